The van der Waals surface area contributed by atoms with Gasteiger partial charge in [-0.3, -0.25) is 0 Å². The molecule has 0 amide bonds. The van der Waals surface area contributed by atoms with Gasteiger partial charge in [0.2, 0.25) is 0 Å². The second-order valence-electron chi connectivity index (χ2n) is 4.13. The Balaban J connectivity index is 2.10. The van der Waals surface area contributed by atoms with E-state index in [1.807, 2.05) is 10.8 Å². The van der Waals surface area contributed by atoms with Crippen molar-refractivity contribution in [3.63, 3.8) is 0 Å². The van der Waals surface area contributed by atoms with Crippen LogP contribution in [0.15, 0.2) is 18.7 Å². The van der Waals surface area contributed by atoms with Crippen LogP contribution in [0.2, 0.25) is 5.15 Å². The van der Waals surface area contributed by atoms with Gasteiger partial charge in [0.1, 0.15) is 9.98 Å². The third-order valence-electron chi connectivity index (χ3n) is 2.91. The molecule has 0 unspecified atom stereocenters. The van der Waals surface area contributed by atoms with Gasteiger partial charge in [-0.15, -0.1) is 11.3 Å². The molecule has 0 atom stereocenters. The lowest BCUT2D eigenvalue weighted by atomic mass is 10.2. The van der Waals surface area contributed by atoms with Crippen LogP contribution < -0.4 is 0 Å². The van der Waals surface area contributed by atoms with Crippen molar-refractivity contribution >= 4 is 33.2 Å². The molecule has 18 heavy (non-hydrogen) atoms. The van der Waals surface area contributed by atoms with Gasteiger partial charge in [-0.05, 0) is 19.4 Å². The molecule has 0 spiro atoms. The smallest absolute Gasteiger partial charge is 0.151 e. The Kier molecular flexibility index (Phi) is 2.80. The molecule has 3 aromatic rings. The molecule has 0 fully saturated rings. The van der Waals surface area contributed by atoms with Crippen molar-refractivity contribution in [1.29, 1.82) is 0 Å². The van der Waals surface area contributed by atoms with E-state index in [2.05, 4.69) is 28.8 Å². The molecular formula is C12H11ClN4S. The number of aryl methyl sites for hydroxylation is 2. The van der Waals surface area contributed by atoms with E-state index in [1.165, 1.54) is 10.4 Å². The largest absolute Gasteiger partial charge is 0.330 e. The Bertz CT molecular complexity index is 703. The van der Waals surface area contributed by atoms with Crippen LogP contribution in [-0.2, 0) is 6.54 Å². The minimum atomic E-state index is 0.539. The quantitative estimate of drug-likeness (QED) is 0.676. The summed E-state index contributed by atoms with van der Waals surface area (Å²) < 4.78 is 1.92. The zero-order valence-corrected chi connectivity index (χ0v) is 11.6. The number of hydrogen-bond donors (Lipinski definition) is 0. The van der Waals surface area contributed by atoms with Gasteiger partial charge in [0.05, 0.1) is 18.3 Å². The predicted octanol–water partition coefficient (Wildman–Crippen LogP) is 3.21. The number of imidazole rings is 1. The number of thiophene rings is 1. The van der Waals surface area contributed by atoms with Gasteiger partial charge in [0, 0.05) is 17.3 Å². The first-order valence-corrected chi connectivity index (χ1v) is 6.72. The Labute approximate surface area is 113 Å². The molecule has 0 saturated heterocycles. The minimum absolute atomic E-state index is 0.539. The average Bonchev–Trinajstić information content (AvgIpc) is 2.89. The SMILES string of the molecule is Cc1sc2nc(Cn3ccnc3)nc(Cl)c2c1C. The maximum atomic E-state index is 6.25. The van der Waals surface area contributed by atoms with Crippen molar-refractivity contribution in [2.45, 2.75) is 20.4 Å². The molecule has 0 radical (unpaired) electrons. The first-order valence-electron chi connectivity index (χ1n) is 5.53. The molecule has 3 rings (SSSR count). The van der Waals surface area contributed by atoms with Crippen LogP contribution in [0.5, 0.6) is 0 Å². The molecule has 6 heteroatoms. The first-order chi connectivity index (χ1) is 8.65. The van der Waals surface area contributed by atoms with Gasteiger partial charge in [-0.2, -0.15) is 0 Å². The molecule has 0 aromatic carbocycles. The molecule has 92 valence electrons. The normalized spacial score (nSPS) is 11.3. The minimum Gasteiger partial charge on any atom is -0.330 e. The zero-order valence-electron chi connectivity index (χ0n) is 10.0. The van der Waals surface area contributed by atoms with Crippen LogP contribution in [0, 0.1) is 13.8 Å². The highest BCUT2D eigenvalue weighted by Gasteiger charge is 2.13. The van der Waals surface area contributed by atoms with Crippen molar-refractivity contribution in [3.8, 4) is 0 Å². The highest BCUT2D eigenvalue weighted by molar-refractivity contribution is 7.18. The molecule has 0 aliphatic carbocycles. The summed E-state index contributed by atoms with van der Waals surface area (Å²) in [6.07, 6.45) is 5.36. The van der Waals surface area contributed by atoms with E-state index in [0.717, 1.165) is 10.2 Å². The van der Waals surface area contributed by atoms with Gasteiger partial charge in [-0.1, -0.05) is 11.6 Å². The fourth-order valence-electron chi connectivity index (χ4n) is 1.86. The van der Waals surface area contributed by atoms with Crippen molar-refractivity contribution in [2.75, 3.05) is 0 Å². The molecule has 0 bridgehead atoms. The van der Waals surface area contributed by atoms with Crippen molar-refractivity contribution in [1.82, 2.24) is 19.5 Å². The lowest BCUT2D eigenvalue weighted by molar-refractivity contribution is 0.749. The van der Waals surface area contributed by atoms with E-state index in [-0.39, 0.29) is 0 Å². The van der Waals surface area contributed by atoms with Crippen LogP contribution >= 0.6 is 22.9 Å². The van der Waals surface area contributed by atoms with Crippen LogP contribution in [0.25, 0.3) is 10.2 Å². The Morgan fingerprint density at radius 3 is 2.89 bits per heavy atom. The molecule has 0 aliphatic heterocycles. The second-order valence-corrected chi connectivity index (χ2v) is 5.69. The van der Waals surface area contributed by atoms with Crippen molar-refractivity contribution < 1.29 is 0 Å². The molecule has 0 aliphatic rings. The van der Waals surface area contributed by atoms with Crippen molar-refractivity contribution in [3.05, 3.63) is 40.1 Å². The maximum absolute atomic E-state index is 6.25. The second kappa shape index (κ2) is 4.33. The number of hydrogen-bond acceptors (Lipinski definition) is 4. The van der Waals surface area contributed by atoms with Crippen LogP contribution in [0.4, 0.5) is 0 Å². The number of aromatic nitrogens is 4. The molecule has 3 heterocycles. The summed E-state index contributed by atoms with van der Waals surface area (Å²) in [5.41, 5.74) is 1.18. The van der Waals surface area contributed by atoms with Crippen LogP contribution in [-0.4, -0.2) is 19.5 Å². The average molecular weight is 279 g/mol. The Morgan fingerprint density at radius 2 is 2.17 bits per heavy atom. The summed E-state index contributed by atoms with van der Waals surface area (Å²) in [6.45, 7) is 4.72. The number of rotatable bonds is 2. The van der Waals surface area contributed by atoms with Gasteiger partial charge in [0.25, 0.3) is 0 Å². The van der Waals surface area contributed by atoms with E-state index >= 15 is 0 Å². The van der Waals surface area contributed by atoms with Gasteiger partial charge >= 0.3 is 0 Å². The monoisotopic (exact) mass is 278 g/mol. The molecule has 0 N–H and O–H groups in total. The van der Waals surface area contributed by atoms with E-state index < -0.39 is 0 Å². The third kappa shape index (κ3) is 1.89. The van der Waals surface area contributed by atoms with E-state index in [0.29, 0.717) is 17.5 Å². The van der Waals surface area contributed by atoms with E-state index in [9.17, 15) is 0 Å². The van der Waals surface area contributed by atoms with Crippen molar-refractivity contribution in [2.24, 2.45) is 0 Å². The molecule has 4 nitrogen and oxygen atoms in total. The predicted molar refractivity (Wildman–Crippen MR) is 73.2 cm³/mol. The summed E-state index contributed by atoms with van der Waals surface area (Å²) in [4.78, 5) is 15.1. The molecular weight excluding hydrogens is 268 g/mol. The van der Waals surface area contributed by atoms with Crippen LogP contribution in [0.1, 0.15) is 16.3 Å². The third-order valence-corrected chi connectivity index (χ3v) is 4.29. The van der Waals surface area contributed by atoms with E-state index in [1.54, 1.807) is 23.9 Å². The lowest BCUT2D eigenvalue weighted by Crippen LogP contribution is -2.02. The topological polar surface area (TPSA) is 43.6 Å². The number of fused-ring (bicyclic) bond motifs is 1. The summed E-state index contributed by atoms with van der Waals surface area (Å²) >= 11 is 7.91. The highest BCUT2D eigenvalue weighted by atomic mass is 35.5. The molecule has 3 aromatic heterocycles. The first kappa shape index (κ1) is 11.6. The van der Waals surface area contributed by atoms with Crippen LogP contribution in [0.3, 0.4) is 0 Å². The fraction of sp³-hybridized carbons (Fsp3) is 0.250. The zero-order chi connectivity index (χ0) is 12.7. The van der Waals surface area contributed by atoms with Gasteiger partial charge in [-0.25, -0.2) is 15.0 Å². The summed E-state index contributed by atoms with van der Waals surface area (Å²) in [5, 5.41) is 1.52. The van der Waals surface area contributed by atoms with Gasteiger partial charge in [0.15, 0.2) is 5.82 Å². The summed E-state index contributed by atoms with van der Waals surface area (Å²) in [6, 6.07) is 0. The maximum Gasteiger partial charge on any atom is 0.151 e. The van der Waals surface area contributed by atoms with Gasteiger partial charge < -0.3 is 4.57 Å². The standard InChI is InChI=1S/C12H11ClN4S/c1-7-8(2)18-12-10(7)11(13)15-9(16-12)5-17-4-3-14-6-17/h3-4,6H,5H2,1-2H3. The van der Waals surface area contributed by atoms with E-state index in [4.69, 9.17) is 11.6 Å². The number of nitrogens with zero attached hydrogens (tertiary/aromatic N) is 4. The Hall–Kier alpha value is -1.46. The Morgan fingerprint density at radius 1 is 1.33 bits per heavy atom. The lowest BCUT2D eigenvalue weighted by Gasteiger charge is -2.02. The highest BCUT2D eigenvalue weighted by Crippen LogP contribution is 2.32. The summed E-state index contributed by atoms with van der Waals surface area (Å²) in [5.74, 6) is 0.715. The summed E-state index contributed by atoms with van der Waals surface area (Å²) in [7, 11) is 0. The number of halogens is 1. The fourth-order valence-corrected chi connectivity index (χ4v) is 3.29. The molecule has 0 saturated carbocycles.